The predicted octanol–water partition coefficient (Wildman–Crippen LogP) is 1.93. The summed E-state index contributed by atoms with van der Waals surface area (Å²) in [6, 6.07) is 10.5. The second-order valence-electron chi connectivity index (χ2n) is 3.75. The molecule has 3 heteroatoms. The molecule has 0 saturated carbocycles. The van der Waals surface area contributed by atoms with Crippen molar-refractivity contribution in [2.75, 3.05) is 12.8 Å². The lowest BCUT2D eigenvalue weighted by Gasteiger charge is -2.09. The third-order valence-electron chi connectivity index (χ3n) is 2.44. The van der Waals surface area contributed by atoms with Gasteiger partial charge in [0, 0.05) is 28.3 Å². The van der Waals surface area contributed by atoms with E-state index < -0.39 is 10.8 Å². The predicted molar refractivity (Wildman–Crippen MR) is 66.3 cm³/mol. The van der Waals surface area contributed by atoms with Crippen molar-refractivity contribution in [2.24, 2.45) is 0 Å². The Balaban J connectivity index is 2.31. The van der Waals surface area contributed by atoms with Crippen LogP contribution in [-0.2, 0) is 16.6 Å². The number of benzene rings is 1. The standard InChI is InChI=1S/C12H19NOS/c1-11(13-2)8-9-15(14)10-12-6-4-3-5-7-12/h3-7,11,13H,8-10H2,1-2H3. The summed E-state index contributed by atoms with van der Waals surface area (Å²) < 4.78 is 11.7. The topological polar surface area (TPSA) is 29.1 Å². The Hall–Kier alpha value is -0.670. The lowest BCUT2D eigenvalue weighted by Crippen LogP contribution is -2.23. The van der Waals surface area contributed by atoms with Crippen LogP contribution in [0.25, 0.3) is 0 Å². The Morgan fingerprint density at radius 1 is 1.33 bits per heavy atom. The Labute approximate surface area is 94.5 Å². The smallest absolute Gasteiger partial charge is 0.0485 e. The average Bonchev–Trinajstić information content (AvgIpc) is 2.27. The third-order valence-corrected chi connectivity index (χ3v) is 3.79. The van der Waals surface area contributed by atoms with E-state index in [0.717, 1.165) is 17.7 Å². The molecule has 0 spiro atoms. The van der Waals surface area contributed by atoms with Crippen LogP contribution >= 0.6 is 0 Å². The van der Waals surface area contributed by atoms with Crippen LogP contribution in [0.15, 0.2) is 30.3 Å². The number of hydrogen-bond acceptors (Lipinski definition) is 2. The fourth-order valence-corrected chi connectivity index (χ4v) is 2.61. The zero-order valence-corrected chi connectivity index (χ0v) is 10.2. The van der Waals surface area contributed by atoms with E-state index in [1.54, 1.807) is 0 Å². The van der Waals surface area contributed by atoms with Gasteiger partial charge in [-0.1, -0.05) is 30.3 Å². The van der Waals surface area contributed by atoms with Gasteiger partial charge in [-0.25, -0.2) is 0 Å². The van der Waals surface area contributed by atoms with Gasteiger partial charge in [0.2, 0.25) is 0 Å². The molecular formula is C12H19NOS. The fourth-order valence-electron chi connectivity index (χ4n) is 1.28. The van der Waals surface area contributed by atoms with E-state index in [4.69, 9.17) is 0 Å². The molecule has 84 valence electrons. The molecule has 15 heavy (non-hydrogen) atoms. The molecule has 0 aliphatic carbocycles. The highest BCUT2D eigenvalue weighted by Gasteiger charge is 2.04. The molecular weight excluding hydrogens is 206 g/mol. The second kappa shape index (κ2) is 6.75. The summed E-state index contributed by atoms with van der Waals surface area (Å²) in [5.74, 6) is 1.45. The second-order valence-corrected chi connectivity index (χ2v) is 5.33. The van der Waals surface area contributed by atoms with Crippen molar-refractivity contribution < 1.29 is 4.21 Å². The van der Waals surface area contributed by atoms with E-state index in [9.17, 15) is 4.21 Å². The number of hydrogen-bond donors (Lipinski definition) is 1. The first-order chi connectivity index (χ1) is 7.22. The van der Waals surface area contributed by atoms with Gasteiger partial charge in [0.15, 0.2) is 0 Å². The van der Waals surface area contributed by atoms with Crippen molar-refractivity contribution in [1.29, 1.82) is 0 Å². The highest BCUT2D eigenvalue weighted by molar-refractivity contribution is 7.84. The molecule has 1 aromatic carbocycles. The van der Waals surface area contributed by atoms with E-state index in [-0.39, 0.29) is 0 Å². The minimum absolute atomic E-state index is 0.449. The molecule has 1 aromatic rings. The van der Waals surface area contributed by atoms with Gasteiger partial charge < -0.3 is 5.32 Å². The van der Waals surface area contributed by atoms with Crippen molar-refractivity contribution in [3.05, 3.63) is 35.9 Å². The highest BCUT2D eigenvalue weighted by Crippen LogP contribution is 2.04. The van der Waals surface area contributed by atoms with Crippen LogP contribution in [0.5, 0.6) is 0 Å². The van der Waals surface area contributed by atoms with Gasteiger partial charge in [0.1, 0.15) is 0 Å². The summed E-state index contributed by atoms with van der Waals surface area (Å²) in [5, 5.41) is 3.15. The number of rotatable bonds is 6. The molecule has 0 fully saturated rings. The number of nitrogens with one attached hydrogen (secondary N) is 1. The molecule has 0 amide bonds. The van der Waals surface area contributed by atoms with E-state index in [2.05, 4.69) is 12.2 Å². The summed E-state index contributed by atoms with van der Waals surface area (Å²) in [6.07, 6.45) is 0.968. The molecule has 1 rings (SSSR count). The minimum atomic E-state index is -0.733. The zero-order valence-electron chi connectivity index (χ0n) is 9.40. The highest BCUT2D eigenvalue weighted by atomic mass is 32.2. The van der Waals surface area contributed by atoms with Gasteiger partial charge in [-0.05, 0) is 26.0 Å². The molecule has 2 atom stereocenters. The maximum Gasteiger partial charge on any atom is 0.0485 e. The summed E-state index contributed by atoms with van der Waals surface area (Å²) >= 11 is 0. The molecule has 0 radical (unpaired) electrons. The van der Waals surface area contributed by atoms with Crippen LogP contribution in [0.4, 0.5) is 0 Å². The van der Waals surface area contributed by atoms with Gasteiger partial charge in [0.25, 0.3) is 0 Å². The van der Waals surface area contributed by atoms with E-state index in [1.807, 2.05) is 37.4 Å². The molecule has 0 heterocycles. The summed E-state index contributed by atoms with van der Waals surface area (Å²) in [5.41, 5.74) is 1.16. The lowest BCUT2D eigenvalue weighted by molar-refractivity contribution is 0.591. The Morgan fingerprint density at radius 2 is 2.00 bits per heavy atom. The van der Waals surface area contributed by atoms with Crippen LogP contribution in [-0.4, -0.2) is 23.1 Å². The normalized spacial score (nSPS) is 14.8. The molecule has 2 nitrogen and oxygen atoms in total. The van der Waals surface area contributed by atoms with Crippen molar-refractivity contribution in [3.8, 4) is 0 Å². The first kappa shape index (κ1) is 12.4. The average molecular weight is 225 g/mol. The van der Waals surface area contributed by atoms with Crippen LogP contribution in [0.3, 0.4) is 0 Å². The summed E-state index contributed by atoms with van der Waals surface area (Å²) in [4.78, 5) is 0. The molecule has 0 bridgehead atoms. The Morgan fingerprint density at radius 3 is 2.60 bits per heavy atom. The Bertz CT molecular complexity index is 300. The van der Waals surface area contributed by atoms with Crippen LogP contribution < -0.4 is 5.32 Å². The molecule has 0 aromatic heterocycles. The Kier molecular flexibility index (Phi) is 5.58. The van der Waals surface area contributed by atoms with Crippen molar-refractivity contribution >= 4 is 10.8 Å². The minimum Gasteiger partial charge on any atom is -0.317 e. The lowest BCUT2D eigenvalue weighted by atomic mass is 10.2. The van der Waals surface area contributed by atoms with Crippen LogP contribution in [0, 0.1) is 0 Å². The molecule has 1 N–H and O–H groups in total. The van der Waals surface area contributed by atoms with Crippen molar-refractivity contribution in [2.45, 2.75) is 25.1 Å². The van der Waals surface area contributed by atoms with Gasteiger partial charge in [-0.15, -0.1) is 0 Å². The quantitative estimate of drug-likeness (QED) is 0.801. The monoisotopic (exact) mass is 225 g/mol. The van der Waals surface area contributed by atoms with E-state index in [0.29, 0.717) is 11.8 Å². The van der Waals surface area contributed by atoms with Gasteiger partial charge in [0.05, 0.1) is 0 Å². The first-order valence-electron chi connectivity index (χ1n) is 5.28. The van der Waals surface area contributed by atoms with E-state index >= 15 is 0 Å². The third kappa shape index (κ3) is 5.09. The molecule has 0 aliphatic rings. The van der Waals surface area contributed by atoms with Gasteiger partial charge in [-0.3, -0.25) is 4.21 Å². The van der Waals surface area contributed by atoms with Crippen molar-refractivity contribution in [3.63, 3.8) is 0 Å². The molecule has 0 aliphatic heterocycles. The van der Waals surface area contributed by atoms with Gasteiger partial charge in [-0.2, -0.15) is 0 Å². The zero-order chi connectivity index (χ0) is 11.1. The van der Waals surface area contributed by atoms with Crippen molar-refractivity contribution in [1.82, 2.24) is 5.32 Å². The maximum atomic E-state index is 11.7. The summed E-state index contributed by atoms with van der Waals surface area (Å²) in [7, 11) is 1.20. The SMILES string of the molecule is CNC(C)CCS(=O)Cc1ccccc1. The van der Waals surface area contributed by atoms with E-state index in [1.165, 1.54) is 0 Å². The molecule has 0 saturated heterocycles. The largest absolute Gasteiger partial charge is 0.317 e. The van der Waals surface area contributed by atoms with Crippen LogP contribution in [0.2, 0.25) is 0 Å². The summed E-state index contributed by atoms with van der Waals surface area (Å²) in [6.45, 7) is 2.11. The maximum absolute atomic E-state index is 11.7. The molecule has 2 unspecified atom stereocenters. The fraction of sp³-hybridized carbons (Fsp3) is 0.500. The van der Waals surface area contributed by atoms with Gasteiger partial charge >= 0.3 is 0 Å². The van der Waals surface area contributed by atoms with Crippen LogP contribution in [0.1, 0.15) is 18.9 Å². The first-order valence-corrected chi connectivity index (χ1v) is 6.77.